The quantitative estimate of drug-likeness (QED) is 0.0691. The van der Waals surface area contributed by atoms with Crippen molar-refractivity contribution in [1.29, 1.82) is 0 Å². The molecular formula is C34H32F2O10. The van der Waals surface area contributed by atoms with Crippen LogP contribution < -0.4 is 18.9 Å². The van der Waals surface area contributed by atoms with Gasteiger partial charge in [-0.1, -0.05) is 13.2 Å². The minimum Gasteiger partial charge on any atom is -0.494 e. The molecule has 0 atom stereocenters. The zero-order chi connectivity index (χ0) is 33.3. The van der Waals surface area contributed by atoms with Crippen molar-refractivity contribution in [2.45, 2.75) is 25.7 Å². The fraction of sp³-hybridized carbons (Fsp3) is 0.235. The second kappa shape index (κ2) is 18.3. The van der Waals surface area contributed by atoms with Crippen LogP contribution in [0.15, 0.2) is 86.0 Å². The molecule has 46 heavy (non-hydrogen) atoms. The highest BCUT2D eigenvalue weighted by molar-refractivity contribution is 5.92. The van der Waals surface area contributed by atoms with Crippen molar-refractivity contribution in [3.63, 3.8) is 0 Å². The predicted octanol–water partition coefficient (Wildman–Crippen LogP) is 6.18. The number of benzene rings is 3. The lowest BCUT2D eigenvalue weighted by molar-refractivity contribution is -0.138. The molecule has 0 spiro atoms. The van der Waals surface area contributed by atoms with E-state index in [1.54, 1.807) is 0 Å². The minimum absolute atomic E-state index is 0.0134. The molecule has 0 saturated carbocycles. The summed E-state index contributed by atoms with van der Waals surface area (Å²) in [5, 5.41) is 0. The van der Waals surface area contributed by atoms with Gasteiger partial charge in [-0.3, -0.25) is 0 Å². The van der Waals surface area contributed by atoms with Gasteiger partial charge in [-0.05, 0) is 74.2 Å². The van der Waals surface area contributed by atoms with Crippen LogP contribution in [0.4, 0.5) is 8.78 Å². The van der Waals surface area contributed by atoms with Crippen molar-refractivity contribution in [1.82, 2.24) is 0 Å². The summed E-state index contributed by atoms with van der Waals surface area (Å²) in [6.07, 6.45) is 4.58. The number of unbranched alkanes of at least 4 members (excludes halogenated alkanes) is 2. The number of hydrogen-bond donors (Lipinski definition) is 0. The van der Waals surface area contributed by atoms with Gasteiger partial charge >= 0.3 is 23.9 Å². The lowest BCUT2D eigenvalue weighted by Crippen LogP contribution is -2.12. The van der Waals surface area contributed by atoms with Gasteiger partial charge in [-0.15, -0.1) is 0 Å². The highest BCUT2D eigenvalue weighted by Crippen LogP contribution is 2.29. The molecule has 0 unspecified atom stereocenters. The van der Waals surface area contributed by atoms with E-state index in [9.17, 15) is 28.0 Å². The van der Waals surface area contributed by atoms with Gasteiger partial charge in [0.15, 0.2) is 11.6 Å². The molecule has 10 nitrogen and oxygen atoms in total. The van der Waals surface area contributed by atoms with E-state index < -0.39 is 47.0 Å². The van der Waals surface area contributed by atoms with Crippen molar-refractivity contribution < 1.29 is 56.4 Å². The topological polar surface area (TPSA) is 124 Å². The molecule has 0 radical (unpaired) electrons. The maximum atomic E-state index is 14.7. The van der Waals surface area contributed by atoms with Crippen LogP contribution in [0, 0.1) is 11.6 Å². The third-order valence-electron chi connectivity index (χ3n) is 5.99. The first-order valence-corrected chi connectivity index (χ1v) is 14.2. The number of hydrogen-bond acceptors (Lipinski definition) is 10. The third kappa shape index (κ3) is 11.5. The van der Waals surface area contributed by atoms with Crippen LogP contribution in [0.3, 0.4) is 0 Å². The van der Waals surface area contributed by atoms with Crippen LogP contribution in [0.25, 0.3) is 0 Å². The molecule has 3 aromatic carbocycles. The Bertz CT molecular complexity index is 1490. The molecule has 242 valence electrons. The highest BCUT2D eigenvalue weighted by Gasteiger charge is 2.20. The average Bonchev–Trinajstić information content (AvgIpc) is 3.06. The maximum Gasteiger partial charge on any atom is 0.343 e. The Hall–Kier alpha value is -5.52. The standard InChI is InChI=1S/C34H32F2O10/c1-3-30(37)43-19-7-5-17-41-25-13-9-23(10-14-25)33(39)45-27-21-28(35)32(29(36)22-27)46-34(40)24-11-15-26(16-12-24)42-18-6-8-20-44-31(38)4-2/h3-4,9-16,21-22H,1-2,5-8,17-20H2. The van der Waals surface area contributed by atoms with Crippen LogP contribution in [0.5, 0.6) is 23.0 Å². The monoisotopic (exact) mass is 638 g/mol. The molecule has 0 aromatic heterocycles. The van der Waals surface area contributed by atoms with Crippen molar-refractivity contribution in [3.05, 3.63) is 109 Å². The second-order valence-electron chi connectivity index (χ2n) is 9.40. The Kier molecular flexibility index (Phi) is 13.9. The molecule has 0 saturated heterocycles. The van der Waals surface area contributed by atoms with Gasteiger partial charge in [0.2, 0.25) is 5.75 Å². The summed E-state index contributed by atoms with van der Waals surface area (Å²) in [6, 6.07) is 13.1. The van der Waals surface area contributed by atoms with Crippen LogP contribution in [-0.4, -0.2) is 50.3 Å². The molecule has 0 aliphatic carbocycles. The van der Waals surface area contributed by atoms with Crippen molar-refractivity contribution in [3.8, 4) is 23.0 Å². The van der Waals surface area contributed by atoms with Crippen molar-refractivity contribution in [2.75, 3.05) is 26.4 Å². The van der Waals surface area contributed by atoms with Gasteiger partial charge < -0.3 is 28.4 Å². The van der Waals surface area contributed by atoms with Crippen LogP contribution >= 0.6 is 0 Å². The van der Waals surface area contributed by atoms with Gasteiger partial charge in [0.25, 0.3) is 0 Å². The van der Waals surface area contributed by atoms with Crippen molar-refractivity contribution >= 4 is 23.9 Å². The van der Waals surface area contributed by atoms with Crippen molar-refractivity contribution in [2.24, 2.45) is 0 Å². The highest BCUT2D eigenvalue weighted by atomic mass is 19.1. The molecule has 0 N–H and O–H groups in total. The molecule has 0 aliphatic heterocycles. The summed E-state index contributed by atoms with van der Waals surface area (Å²) in [6.45, 7) is 7.79. The Balaban J connectivity index is 1.46. The summed E-state index contributed by atoms with van der Waals surface area (Å²) in [5.74, 6) is -5.85. The minimum atomic E-state index is -1.25. The van der Waals surface area contributed by atoms with E-state index >= 15 is 0 Å². The Morgan fingerprint density at radius 2 is 0.957 bits per heavy atom. The SMILES string of the molecule is C=CC(=O)OCCCCOc1ccc(C(=O)Oc2cc(F)c(OC(=O)c3ccc(OCCCCOC(=O)C=C)cc3)c(F)c2)cc1. The molecule has 0 heterocycles. The van der Waals surface area contributed by atoms with E-state index in [1.807, 2.05) is 0 Å². The smallest absolute Gasteiger partial charge is 0.343 e. The molecule has 0 amide bonds. The van der Waals surface area contributed by atoms with E-state index in [2.05, 4.69) is 13.2 Å². The number of halogens is 2. The molecule has 0 fully saturated rings. The van der Waals surface area contributed by atoms with Gasteiger partial charge in [0.05, 0.1) is 37.6 Å². The van der Waals surface area contributed by atoms with E-state index in [-0.39, 0.29) is 24.3 Å². The summed E-state index contributed by atoms with van der Waals surface area (Å²) in [4.78, 5) is 47.0. The molecular weight excluding hydrogens is 606 g/mol. The number of esters is 4. The number of ether oxygens (including phenoxy) is 6. The first-order valence-electron chi connectivity index (χ1n) is 14.2. The zero-order valence-electron chi connectivity index (χ0n) is 24.8. The van der Waals surface area contributed by atoms with Gasteiger partial charge in [-0.2, -0.15) is 0 Å². The van der Waals surface area contributed by atoms with E-state index in [0.29, 0.717) is 50.4 Å². The normalized spacial score (nSPS) is 10.3. The Labute approximate surface area is 264 Å². The van der Waals surface area contributed by atoms with E-state index in [0.717, 1.165) is 24.3 Å². The summed E-state index contributed by atoms with van der Waals surface area (Å²) in [7, 11) is 0. The third-order valence-corrected chi connectivity index (χ3v) is 5.99. The first-order chi connectivity index (χ1) is 22.2. The van der Waals surface area contributed by atoms with Gasteiger partial charge in [0, 0.05) is 24.3 Å². The number of carbonyl (C=O) groups excluding carboxylic acids is 4. The molecule has 3 aromatic rings. The summed E-state index contributed by atoms with van der Waals surface area (Å²) >= 11 is 0. The van der Waals surface area contributed by atoms with Gasteiger partial charge in [0.1, 0.15) is 17.2 Å². The molecule has 12 heteroatoms. The van der Waals surface area contributed by atoms with E-state index in [1.165, 1.54) is 48.5 Å². The number of carbonyl (C=O) groups is 4. The first kappa shape index (κ1) is 35.0. The summed E-state index contributed by atoms with van der Waals surface area (Å²) in [5.41, 5.74) is 0.112. The average molecular weight is 639 g/mol. The van der Waals surface area contributed by atoms with E-state index in [4.69, 9.17) is 28.4 Å². The molecule has 0 aliphatic rings. The van der Waals surface area contributed by atoms with Crippen LogP contribution in [0.2, 0.25) is 0 Å². The lowest BCUT2D eigenvalue weighted by atomic mass is 10.2. The fourth-order valence-electron chi connectivity index (χ4n) is 3.64. The maximum absolute atomic E-state index is 14.7. The lowest BCUT2D eigenvalue weighted by Gasteiger charge is -2.11. The Morgan fingerprint density at radius 1 is 0.565 bits per heavy atom. The Morgan fingerprint density at radius 3 is 1.37 bits per heavy atom. The number of rotatable bonds is 18. The zero-order valence-corrected chi connectivity index (χ0v) is 24.8. The largest absolute Gasteiger partial charge is 0.494 e. The van der Waals surface area contributed by atoms with Crippen LogP contribution in [-0.2, 0) is 19.1 Å². The molecule has 3 rings (SSSR count). The molecule has 0 bridgehead atoms. The summed E-state index contributed by atoms with van der Waals surface area (Å²) < 4.78 is 60.3. The van der Waals surface area contributed by atoms with Gasteiger partial charge in [-0.25, -0.2) is 28.0 Å². The van der Waals surface area contributed by atoms with Crippen LogP contribution in [0.1, 0.15) is 46.4 Å². The predicted molar refractivity (Wildman–Crippen MR) is 161 cm³/mol. The fourth-order valence-corrected chi connectivity index (χ4v) is 3.64. The second-order valence-corrected chi connectivity index (χ2v) is 9.40.